The smallest absolute Gasteiger partial charge is 0.223 e. The maximum atomic E-state index is 13.5. The van der Waals surface area contributed by atoms with Gasteiger partial charge in [-0.2, -0.15) is 4.98 Å². The molecule has 5 heteroatoms. The molecule has 0 aliphatic heterocycles. The highest BCUT2D eigenvalue weighted by Crippen LogP contribution is 2.22. The predicted molar refractivity (Wildman–Crippen MR) is 75.2 cm³/mol. The zero-order valence-electron chi connectivity index (χ0n) is 11.4. The second kappa shape index (κ2) is 5.75. The quantitative estimate of drug-likeness (QED) is 0.732. The zero-order chi connectivity index (χ0) is 14.7. The molecule has 1 heterocycles. The van der Waals surface area contributed by atoms with Crippen LogP contribution in [0, 0.1) is 12.7 Å². The second-order valence-electron chi connectivity index (χ2n) is 4.54. The molecular weight excluding hydrogens is 271 g/mol. The van der Waals surface area contributed by atoms with Crippen LogP contribution in [0.25, 0.3) is 11.4 Å². The molecule has 0 saturated carbocycles. The van der Waals surface area contributed by atoms with Gasteiger partial charge in [0.15, 0.2) is 0 Å². The summed E-state index contributed by atoms with van der Waals surface area (Å²) in [4.78, 5) is 4.16. The van der Waals surface area contributed by atoms with Gasteiger partial charge in [0.25, 0.3) is 0 Å². The first kappa shape index (κ1) is 13.3. The van der Waals surface area contributed by atoms with E-state index in [1.807, 2.05) is 12.1 Å². The first-order valence-electron chi connectivity index (χ1n) is 6.49. The van der Waals surface area contributed by atoms with Crippen LogP contribution in [-0.2, 0) is 6.61 Å². The van der Waals surface area contributed by atoms with Crippen molar-refractivity contribution in [1.29, 1.82) is 0 Å². The Labute approximate surface area is 121 Å². The van der Waals surface area contributed by atoms with Crippen LogP contribution in [0.5, 0.6) is 5.75 Å². The number of rotatable bonds is 4. The summed E-state index contributed by atoms with van der Waals surface area (Å²) in [6.07, 6.45) is 0. The molecule has 4 nitrogen and oxygen atoms in total. The van der Waals surface area contributed by atoms with Gasteiger partial charge in [0.1, 0.15) is 18.2 Å². The molecule has 0 amide bonds. The second-order valence-corrected chi connectivity index (χ2v) is 4.54. The van der Waals surface area contributed by atoms with Gasteiger partial charge < -0.3 is 9.26 Å². The van der Waals surface area contributed by atoms with Crippen LogP contribution in [0.1, 0.15) is 11.5 Å². The molecule has 0 radical (unpaired) electrons. The minimum Gasteiger partial charge on any atom is -0.489 e. The van der Waals surface area contributed by atoms with Crippen molar-refractivity contribution in [3.05, 3.63) is 65.8 Å². The average molecular weight is 284 g/mol. The number of aromatic nitrogens is 2. The van der Waals surface area contributed by atoms with Gasteiger partial charge >= 0.3 is 0 Å². The van der Waals surface area contributed by atoms with Crippen molar-refractivity contribution in [2.75, 3.05) is 0 Å². The van der Waals surface area contributed by atoms with E-state index in [0.29, 0.717) is 23.0 Å². The Morgan fingerprint density at radius 1 is 1.14 bits per heavy atom. The van der Waals surface area contributed by atoms with E-state index >= 15 is 0 Å². The Hall–Kier alpha value is -2.69. The van der Waals surface area contributed by atoms with Crippen LogP contribution in [0.2, 0.25) is 0 Å². The molecule has 2 aromatic carbocycles. The molecule has 3 rings (SSSR count). The molecule has 0 fully saturated rings. The van der Waals surface area contributed by atoms with Gasteiger partial charge in [-0.25, -0.2) is 4.39 Å². The summed E-state index contributed by atoms with van der Waals surface area (Å²) in [5, 5.41) is 3.86. The highest BCUT2D eigenvalue weighted by Gasteiger charge is 2.07. The molecule has 0 saturated heterocycles. The van der Waals surface area contributed by atoms with Crippen LogP contribution >= 0.6 is 0 Å². The highest BCUT2D eigenvalue weighted by molar-refractivity contribution is 5.56. The lowest BCUT2D eigenvalue weighted by atomic mass is 10.2. The molecule has 0 unspecified atom stereocenters. The summed E-state index contributed by atoms with van der Waals surface area (Å²) in [7, 11) is 0. The lowest BCUT2D eigenvalue weighted by Gasteiger charge is -2.07. The number of hydrogen-bond acceptors (Lipinski definition) is 4. The molecule has 0 atom stereocenters. The monoisotopic (exact) mass is 284 g/mol. The van der Waals surface area contributed by atoms with Crippen molar-refractivity contribution >= 4 is 0 Å². The topological polar surface area (TPSA) is 48.2 Å². The fourth-order valence-corrected chi connectivity index (χ4v) is 1.92. The van der Waals surface area contributed by atoms with Crippen LogP contribution < -0.4 is 4.74 Å². The lowest BCUT2D eigenvalue weighted by Crippen LogP contribution is -1.98. The number of aryl methyl sites for hydroxylation is 1. The molecule has 0 spiro atoms. The maximum absolute atomic E-state index is 13.5. The first-order valence-corrected chi connectivity index (χ1v) is 6.49. The van der Waals surface area contributed by atoms with Crippen molar-refractivity contribution in [3.8, 4) is 17.1 Å². The van der Waals surface area contributed by atoms with E-state index in [4.69, 9.17) is 9.26 Å². The first-order chi connectivity index (χ1) is 10.2. The van der Waals surface area contributed by atoms with E-state index in [9.17, 15) is 4.39 Å². The molecule has 0 bridgehead atoms. The summed E-state index contributed by atoms with van der Waals surface area (Å²) < 4.78 is 24.1. The summed E-state index contributed by atoms with van der Waals surface area (Å²) >= 11 is 0. The molecule has 0 aliphatic rings. The van der Waals surface area contributed by atoms with Gasteiger partial charge in [-0.1, -0.05) is 35.5 Å². The third-order valence-corrected chi connectivity index (χ3v) is 2.97. The largest absolute Gasteiger partial charge is 0.489 e. The van der Waals surface area contributed by atoms with Crippen LogP contribution in [0.15, 0.2) is 53.1 Å². The normalized spacial score (nSPS) is 10.6. The summed E-state index contributed by atoms with van der Waals surface area (Å²) in [5.41, 5.74) is 1.30. The molecule has 3 aromatic rings. The summed E-state index contributed by atoms with van der Waals surface area (Å²) in [5.74, 6) is 1.35. The Balaban J connectivity index is 1.76. The predicted octanol–water partition coefficient (Wildman–Crippen LogP) is 3.76. The molecule has 0 N–H and O–H groups in total. The lowest BCUT2D eigenvalue weighted by molar-refractivity contribution is 0.300. The van der Waals surface area contributed by atoms with Gasteiger partial charge in [-0.3, -0.25) is 0 Å². The third-order valence-electron chi connectivity index (χ3n) is 2.97. The van der Waals surface area contributed by atoms with E-state index in [-0.39, 0.29) is 12.4 Å². The Bertz CT molecular complexity index is 755. The summed E-state index contributed by atoms with van der Waals surface area (Å²) in [6.45, 7) is 1.90. The Kier molecular flexibility index (Phi) is 3.64. The molecule has 106 valence electrons. The minimum atomic E-state index is -0.276. The fraction of sp³-hybridized carbons (Fsp3) is 0.125. The van der Waals surface area contributed by atoms with Crippen LogP contribution in [0.4, 0.5) is 4.39 Å². The third kappa shape index (κ3) is 3.08. The number of hydrogen-bond donors (Lipinski definition) is 0. The van der Waals surface area contributed by atoms with Crippen molar-refractivity contribution in [3.63, 3.8) is 0 Å². The van der Waals surface area contributed by atoms with Gasteiger partial charge in [0.2, 0.25) is 11.7 Å². The average Bonchev–Trinajstić information content (AvgIpc) is 2.93. The number of nitrogens with zero attached hydrogens (tertiary/aromatic N) is 2. The number of benzene rings is 2. The Morgan fingerprint density at radius 3 is 2.76 bits per heavy atom. The molecular formula is C16H13FN2O2. The SMILES string of the molecule is Cc1nc(-c2cccc(OCc3ccccc3F)c2)no1. The van der Waals surface area contributed by atoms with E-state index < -0.39 is 0 Å². The van der Waals surface area contributed by atoms with Crippen LogP contribution in [-0.4, -0.2) is 10.1 Å². The standard InChI is InChI=1S/C16H13FN2O2/c1-11-18-16(19-21-11)12-6-4-7-14(9-12)20-10-13-5-2-3-8-15(13)17/h2-9H,10H2,1H3. The van der Waals surface area contributed by atoms with Gasteiger partial charge in [0, 0.05) is 18.1 Å². The zero-order valence-corrected chi connectivity index (χ0v) is 11.4. The van der Waals surface area contributed by atoms with Crippen molar-refractivity contribution in [2.45, 2.75) is 13.5 Å². The minimum absolute atomic E-state index is 0.168. The van der Waals surface area contributed by atoms with E-state index in [1.54, 1.807) is 37.3 Å². The molecule has 1 aromatic heterocycles. The van der Waals surface area contributed by atoms with E-state index in [0.717, 1.165) is 5.56 Å². The van der Waals surface area contributed by atoms with Gasteiger partial charge in [-0.15, -0.1) is 0 Å². The molecule has 0 aliphatic carbocycles. The van der Waals surface area contributed by atoms with Crippen LogP contribution in [0.3, 0.4) is 0 Å². The van der Waals surface area contributed by atoms with Crippen molar-refractivity contribution in [2.24, 2.45) is 0 Å². The number of ether oxygens (including phenoxy) is 1. The number of halogens is 1. The van der Waals surface area contributed by atoms with E-state index in [1.165, 1.54) is 6.07 Å². The summed E-state index contributed by atoms with van der Waals surface area (Å²) in [6, 6.07) is 13.8. The Morgan fingerprint density at radius 2 is 2.00 bits per heavy atom. The van der Waals surface area contributed by atoms with Gasteiger partial charge in [-0.05, 0) is 18.2 Å². The van der Waals surface area contributed by atoms with Crippen molar-refractivity contribution < 1.29 is 13.7 Å². The highest BCUT2D eigenvalue weighted by atomic mass is 19.1. The van der Waals surface area contributed by atoms with E-state index in [2.05, 4.69) is 10.1 Å². The maximum Gasteiger partial charge on any atom is 0.223 e. The molecule has 21 heavy (non-hydrogen) atoms. The fourth-order valence-electron chi connectivity index (χ4n) is 1.92. The van der Waals surface area contributed by atoms with Crippen molar-refractivity contribution in [1.82, 2.24) is 10.1 Å². The van der Waals surface area contributed by atoms with Gasteiger partial charge in [0.05, 0.1) is 0 Å².